The molecule has 2 aromatic carbocycles. The van der Waals surface area contributed by atoms with Crippen molar-refractivity contribution in [2.45, 2.75) is 6.92 Å². The average molecular weight is 303 g/mol. The van der Waals surface area contributed by atoms with E-state index in [1.807, 2.05) is 43.3 Å². The van der Waals surface area contributed by atoms with Crippen LogP contribution < -0.4 is 5.73 Å². The normalized spacial score (nSPS) is 11.0. The Morgan fingerprint density at radius 2 is 2.06 bits per heavy atom. The van der Waals surface area contributed by atoms with Gasteiger partial charge in [-0.05, 0) is 47.1 Å². The summed E-state index contributed by atoms with van der Waals surface area (Å²) in [6.45, 7) is 2.02. The average Bonchev–Trinajstić information content (AvgIpc) is 2.77. The van der Waals surface area contributed by atoms with Gasteiger partial charge in [-0.25, -0.2) is 4.98 Å². The fourth-order valence-corrected chi connectivity index (χ4v) is 2.32. The summed E-state index contributed by atoms with van der Waals surface area (Å²) >= 11 is 3.45. The molecule has 0 amide bonds. The second kappa shape index (κ2) is 4.14. The third-order valence-electron chi connectivity index (χ3n) is 2.81. The Morgan fingerprint density at radius 1 is 1.22 bits per heavy atom. The van der Waals surface area contributed by atoms with Crippen LogP contribution in [-0.4, -0.2) is 4.98 Å². The van der Waals surface area contributed by atoms with Crippen LogP contribution in [0.3, 0.4) is 0 Å². The summed E-state index contributed by atoms with van der Waals surface area (Å²) < 4.78 is 6.68. The molecule has 1 aromatic heterocycles. The first-order valence-electron chi connectivity index (χ1n) is 5.57. The molecule has 1 heterocycles. The van der Waals surface area contributed by atoms with Gasteiger partial charge in [-0.3, -0.25) is 0 Å². The van der Waals surface area contributed by atoms with Crippen LogP contribution in [0.25, 0.3) is 22.6 Å². The van der Waals surface area contributed by atoms with Crippen molar-refractivity contribution in [1.82, 2.24) is 4.98 Å². The molecule has 2 N–H and O–H groups in total. The SMILES string of the molecule is Cc1ccc(N)c(-c2nc3cccc(Br)c3o2)c1. The number of nitrogen functional groups attached to an aromatic ring is 1. The molecule has 0 aliphatic carbocycles. The van der Waals surface area contributed by atoms with Crippen molar-refractivity contribution < 1.29 is 4.42 Å². The lowest BCUT2D eigenvalue weighted by molar-refractivity contribution is 0.618. The summed E-state index contributed by atoms with van der Waals surface area (Å²) in [4.78, 5) is 4.47. The van der Waals surface area contributed by atoms with Crippen LogP contribution in [0.2, 0.25) is 0 Å². The Kier molecular flexibility index (Phi) is 2.59. The first kappa shape index (κ1) is 11.3. The minimum atomic E-state index is 0.554. The molecule has 0 saturated heterocycles. The summed E-state index contributed by atoms with van der Waals surface area (Å²) in [6, 6.07) is 11.6. The molecule has 0 spiro atoms. The van der Waals surface area contributed by atoms with Gasteiger partial charge in [0, 0.05) is 5.69 Å². The molecule has 0 saturated carbocycles. The number of benzene rings is 2. The fourth-order valence-electron chi connectivity index (χ4n) is 1.89. The van der Waals surface area contributed by atoms with Gasteiger partial charge in [0.2, 0.25) is 5.89 Å². The van der Waals surface area contributed by atoms with Crippen molar-refractivity contribution in [2.24, 2.45) is 0 Å². The van der Waals surface area contributed by atoms with E-state index in [4.69, 9.17) is 10.2 Å². The molecule has 18 heavy (non-hydrogen) atoms. The number of fused-ring (bicyclic) bond motifs is 1. The summed E-state index contributed by atoms with van der Waals surface area (Å²) in [5, 5.41) is 0. The topological polar surface area (TPSA) is 52.0 Å². The van der Waals surface area contributed by atoms with Crippen LogP contribution in [0.1, 0.15) is 5.56 Å². The van der Waals surface area contributed by atoms with Crippen molar-refractivity contribution in [1.29, 1.82) is 0 Å². The molecule has 3 rings (SSSR count). The maximum atomic E-state index is 5.97. The number of halogens is 1. The molecule has 0 fully saturated rings. The standard InChI is InChI=1S/C14H11BrN2O/c1-8-5-6-11(16)9(7-8)14-17-12-4-2-3-10(15)13(12)18-14/h2-7H,16H2,1H3. The lowest BCUT2D eigenvalue weighted by Crippen LogP contribution is -1.90. The Labute approximate surface area is 113 Å². The number of rotatable bonds is 1. The molecule has 0 unspecified atom stereocenters. The first-order chi connectivity index (χ1) is 8.65. The molecule has 3 aromatic rings. The van der Waals surface area contributed by atoms with Gasteiger partial charge < -0.3 is 10.2 Å². The van der Waals surface area contributed by atoms with Gasteiger partial charge >= 0.3 is 0 Å². The summed E-state index contributed by atoms with van der Waals surface area (Å²) in [7, 11) is 0. The fraction of sp³-hybridized carbons (Fsp3) is 0.0714. The minimum Gasteiger partial charge on any atom is -0.435 e. The molecule has 0 aliphatic heterocycles. The number of nitrogens with zero attached hydrogens (tertiary/aromatic N) is 1. The Balaban J connectivity index is 2.26. The second-order valence-corrected chi connectivity index (χ2v) is 5.05. The van der Waals surface area contributed by atoms with Gasteiger partial charge in [0.25, 0.3) is 0 Å². The Bertz CT molecular complexity index is 734. The van der Waals surface area contributed by atoms with Crippen molar-refractivity contribution in [3.8, 4) is 11.5 Å². The van der Waals surface area contributed by atoms with Crippen LogP contribution in [0.4, 0.5) is 5.69 Å². The van der Waals surface area contributed by atoms with Gasteiger partial charge in [0.05, 0.1) is 10.0 Å². The molecule has 0 bridgehead atoms. The molecular formula is C14H11BrN2O. The Morgan fingerprint density at radius 3 is 2.83 bits per heavy atom. The smallest absolute Gasteiger partial charge is 0.229 e. The third-order valence-corrected chi connectivity index (χ3v) is 3.43. The predicted octanol–water partition coefficient (Wildman–Crippen LogP) is 4.15. The zero-order valence-electron chi connectivity index (χ0n) is 9.77. The molecule has 0 radical (unpaired) electrons. The van der Waals surface area contributed by atoms with Crippen LogP contribution >= 0.6 is 15.9 Å². The molecule has 0 atom stereocenters. The van der Waals surface area contributed by atoms with Crippen molar-refractivity contribution in [3.63, 3.8) is 0 Å². The molecule has 4 heteroatoms. The highest BCUT2D eigenvalue weighted by Crippen LogP contribution is 2.32. The van der Waals surface area contributed by atoms with Gasteiger partial charge in [-0.2, -0.15) is 0 Å². The molecule has 3 nitrogen and oxygen atoms in total. The van der Waals surface area contributed by atoms with Crippen molar-refractivity contribution in [2.75, 3.05) is 5.73 Å². The number of aromatic nitrogens is 1. The van der Waals surface area contributed by atoms with E-state index in [-0.39, 0.29) is 0 Å². The van der Waals surface area contributed by atoms with Gasteiger partial charge in [-0.1, -0.05) is 17.7 Å². The number of anilines is 1. The zero-order chi connectivity index (χ0) is 12.7. The molecular weight excluding hydrogens is 292 g/mol. The van der Waals surface area contributed by atoms with Crippen molar-refractivity contribution >= 4 is 32.7 Å². The third kappa shape index (κ3) is 1.78. The largest absolute Gasteiger partial charge is 0.435 e. The maximum absolute atomic E-state index is 5.97. The van der Waals surface area contributed by atoms with E-state index >= 15 is 0 Å². The van der Waals surface area contributed by atoms with Crippen LogP contribution in [0, 0.1) is 6.92 Å². The summed E-state index contributed by atoms with van der Waals surface area (Å²) in [5.41, 5.74) is 10.2. The van der Waals surface area contributed by atoms with E-state index < -0.39 is 0 Å². The van der Waals surface area contributed by atoms with Gasteiger partial charge in [0.1, 0.15) is 5.52 Å². The predicted molar refractivity (Wildman–Crippen MR) is 76.3 cm³/mol. The van der Waals surface area contributed by atoms with E-state index in [0.29, 0.717) is 11.6 Å². The zero-order valence-corrected chi connectivity index (χ0v) is 11.4. The van der Waals surface area contributed by atoms with Gasteiger partial charge in [-0.15, -0.1) is 0 Å². The maximum Gasteiger partial charge on any atom is 0.229 e. The van der Waals surface area contributed by atoms with Crippen molar-refractivity contribution in [3.05, 3.63) is 46.4 Å². The highest BCUT2D eigenvalue weighted by molar-refractivity contribution is 9.10. The number of nitrogens with two attached hydrogens (primary N) is 1. The van der Waals surface area contributed by atoms with E-state index in [9.17, 15) is 0 Å². The lowest BCUT2D eigenvalue weighted by atomic mass is 10.1. The van der Waals surface area contributed by atoms with Crippen LogP contribution in [0.15, 0.2) is 45.3 Å². The van der Waals surface area contributed by atoms with E-state index in [1.54, 1.807) is 0 Å². The van der Waals surface area contributed by atoms with E-state index in [1.165, 1.54) is 0 Å². The first-order valence-corrected chi connectivity index (χ1v) is 6.36. The Hall–Kier alpha value is -1.81. The van der Waals surface area contributed by atoms with Crippen LogP contribution in [0.5, 0.6) is 0 Å². The number of hydrogen-bond donors (Lipinski definition) is 1. The quantitative estimate of drug-likeness (QED) is 0.687. The highest BCUT2D eigenvalue weighted by atomic mass is 79.9. The minimum absolute atomic E-state index is 0.554. The monoisotopic (exact) mass is 302 g/mol. The van der Waals surface area contributed by atoms with Crippen LogP contribution in [-0.2, 0) is 0 Å². The number of para-hydroxylation sites is 1. The van der Waals surface area contributed by atoms with E-state index in [0.717, 1.165) is 26.7 Å². The summed E-state index contributed by atoms with van der Waals surface area (Å²) in [6.07, 6.45) is 0. The molecule has 0 aliphatic rings. The number of aryl methyl sites for hydroxylation is 1. The number of hydrogen-bond acceptors (Lipinski definition) is 3. The number of oxazole rings is 1. The lowest BCUT2D eigenvalue weighted by Gasteiger charge is -2.02. The molecule has 90 valence electrons. The van der Waals surface area contributed by atoms with Gasteiger partial charge in [0.15, 0.2) is 5.58 Å². The summed E-state index contributed by atoms with van der Waals surface area (Å²) in [5.74, 6) is 0.554. The second-order valence-electron chi connectivity index (χ2n) is 4.20. The highest BCUT2D eigenvalue weighted by Gasteiger charge is 2.12. The van der Waals surface area contributed by atoms with E-state index in [2.05, 4.69) is 20.9 Å².